The van der Waals surface area contributed by atoms with Gasteiger partial charge in [-0.15, -0.1) is 0 Å². The van der Waals surface area contributed by atoms with Gasteiger partial charge >= 0.3 is 59.6 Å². The number of hydrazine groups is 1. The zero-order chi connectivity index (χ0) is 13.5. The molecule has 1 aliphatic heterocycles. The van der Waals surface area contributed by atoms with E-state index in [0.29, 0.717) is 6.54 Å². The van der Waals surface area contributed by atoms with Crippen LogP contribution < -0.4 is 15.9 Å². The summed E-state index contributed by atoms with van der Waals surface area (Å²) in [5.41, 5.74) is 9.66. The number of nitrogens with two attached hydrogens (primary N) is 1. The Morgan fingerprint density at radius 1 is 1.33 bits per heavy atom. The molecule has 0 aromatic heterocycles. The molecule has 1 saturated heterocycles. The van der Waals surface area contributed by atoms with E-state index >= 15 is 0 Å². The van der Waals surface area contributed by atoms with Crippen LogP contribution in [0.4, 0.5) is 0 Å². The number of hydrogen-bond acceptors (Lipinski definition) is 5. The zero-order valence-electron chi connectivity index (χ0n) is 10.9. The van der Waals surface area contributed by atoms with Crippen LogP contribution in [0.2, 0.25) is 0 Å². The van der Waals surface area contributed by atoms with Crippen LogP contribution in [0, 0.1) is 0 Å². The quantitative estimate of drug-likeness (QED) is 0.697. The van der Waals surface area contributed by atoms with Crippen molar-refractivity contribution in [1.29, 1.82) is 0 Å². The van der Waals surface area contributed by atoms with Crippen LogP contribution in [0.25, 0.3) is 0 Å². The van der Waals surface area contributed by atoms with Crippen molar-refractivity contribution in [2.45, 2.75) is 6.54 Å². The van der Waals surface area contributed by atoms with Gasteiger partial charge in [0, 0.05) is 6.54 Å². The summed E-state index contributed by atoms with van der Waals surface area (Å²) < 4.78 is 6.16. The molecule has 6 heteroatoms. The van der Waals surface area contributed by atoms with Crippen LogP contribution in [0.3, 0.4) is 0 Å². The van der Waals surface area contributed by atoms with E-state index in [1.807, 2.05) is 36.3 Å². The van der Waals surface area contributed by atoms with Crippen LogP contribution in [-0.2, 0) is 25.9 Å². The second-order valence-electron chi connectivity index (χ2n) is 3.96. The molecule has 1 aliphatic rings. The van der Waals surface area contributed by atoms with Gasteiger partial charge < -0.3 is 10.5 Å². The van der Waals surface area contributed by atoms with Crippen LogP contribution in [-0.4, -0.2) is 41.9 Å². The Bertz CT molecular complexity index is 359. The number of nitrogens with zero attached hydrogens (tertiary/aromatic N) is 2. The zero-order valence-corrected chi connectivity index (χ0v) is 13.2. The minimum atomic E-state index is 0.587. The van der Waals surface area contributed by atoms with Crippen molar-refractivity contribution in [3.05, 3.63) is 29.8 Å². The summed E-state index contributed by atoms with van der Waals surface area (Å²) in [5, 5.41) is 2.03. The summed E-state index contributed by atoms with van der Waals surface area (Å²) in [6.45, 7) is 1.56. The molecule has 5 nitrogen and oxygen atoms in total. The van der Waals surface area contributed by atoms with E-state index in [-0.39, 0.29) is 0 Å². The van der Waals surface area contributed by atoms with Crippen molar-refractivity contribution in [1.82, 2.24) is 15.3 Å². The molecular formula is C12H20N4OPt. The molecule has 1 aromatic rings. The largest absolute Gasteiger partial charge is 0.497 e. The molecule has 3 N–H and O–H groups in total. The van der Waals surface area contributed by atoms with Crippen molar-refractivity contribution < 1.29 is 24.1 Å². The molecule has 0 saturated carbocycles. The third-order valence-corrected chi connectivity index (χ3v) is 3.53. The molecule has 18 heavy (non-hydrogen) atoms. The molecule has 2 rings (SSSR count). The van der Waals surface area contributed by atoms with Gasteiger partial charge in [0.1, 0.15) is 5.75 Å². The first kappa shape index (κ1) is 15.5. The van der Waals surface area contributed by atoms with Crippen molar-refractivity contribution >= 4 is 4.15 Å². The van der Waals surface area contributed by atoms with Gasteiger partial charge in [0.2, 0.25) is 0 Å². The fourth-order valence-electron chi connectivity index (χ4n) is 1.40. The van der Waals surface area contributed by atoms with Gasteiger partial charge in [-0.25, -0.2) is 0 Å². The number of nitrogens with one attached hydrogen (secondary N) is 1. The Hall–Kier alpha value is -0.582. The average Bonchev–Trinajstić information content (AvgIpc) is 2.67. The number of hydrogen-bond donors (Lipinski definition) is 2. The van der Waals surface area contributed by atoms with Crippen LogP contribution in [0.5, 0.6) is 5.75 Å². The van der Waals surface area contributed by atoms with E-state index < -0.39 is 0 Å². The van der Waals surface area contributed by atoms with Gasteiger partial charge in [-0.1, -0.05) is 12.1 Å². The van der Waals surface area contributed by atoms with E-state index in [2.05, 4.69) is 36.7 Å². The van der Waals surface area contributed by atoms with E-state index in [1.165, 1.54) is 4.15 Å². The minimum absolute atomic E-state index is 0.587. The standard InChI is InChI=1S/C8H11NO.C4H9N3.Pt/c1-10-8-4-2-7(6-9)3-5-8;1-6-3-5-7(2)4-6;/h2-5H,6,9H2,1H3;5H,4H2,1-2H3;. The molecule has 1 fully saturated rings. The van der Waals surface area contributed by atoms with E-state index in [0.717, 1.165) is 18.0 Å². The van der Waals surface area contributed by atoms with Crippen LogP contribution in [0.1, 0.15) is 5.56 Å². The Morgan fingerprint density at radius 3 is 2.22 bits per heavy atom. The molecule has 0 radical (unpaired) electrons. The second kappa shape index (κ2) is 7.77. The summed E-state index contributed by atoms with van der Waals surface area (Å²) in [5.74, 6) is 0.872. The predicted molar refractivity (Wildman–Crippen MR) is 69.4 cm³/mol. The maximum atomic E-state index is 5.40. The number of rotatable bonds is 2. The molecule has 0 aliphatic carbocycles. The maximum Gasteiger partial charge on any atom is 0.118 e. The van der Waals surface area contributed by atoms with Crippen molar-refractivity contribution in [3.63, 3.8) is 0 Å². The fraction of sp³-hybridized carbons (Fsp3) is 0.417. The Kier molecular flexibility index (Phi) is 6.68. The number of ether oxygens (including phenoxy) is 1. The normalized spacial score (nSPS) is 16.4. The first-order chi connectivity index (χ1) is 8.56. The van der Waals surface area contributed by atoms with Gasteiger partial charge in [-0.2, -0.15) is 0 Å². The van der Waals surface area contributed by atoms with Gasteiger partial charge in [0.05, 0.1) is 7.11 Å². The van der Waals surface area contributed by atoms with E-state index in [4.69, 9.17) is 10.5 Å². The Balaban J connectivity index is 0.000000184. The Labute approximate surface area is 119 Å². The smallest absolute Gasteiger partial charge is 0.118 e. The first-order valence-corrected chi connectivity index (χ1v) is 6.71. The fourth-order valence-corrected chi connectivity index (χ4v) is 2.00. The monoisotopic (exact) mass is 431 g/mol. The van der Waals surface area contributed by atoms with E-state index in [9.17, 15) is 0 Å². The van der Waals surface area contributed by atoms with Gasteiger partial charge in [0.25, 0.3) is 0 Å². The third-order valence-electron chi connectivity index (χ3n) is 2.41. The number of methoxy groups -OCH3 is 1. The SMILES string of the molecule is CN1CN(C)[C](=[Pt])N1.COc1ccc(CN)cc1. The summed E-state index contributed by atoms with van der Waals surface area (Å²) in [7, 11) is 5.72. The predicted octanol–water partition coefficient (Wildman–Crippen LogP) is 0.114. The molecular weight excluding hydrogens is 411 g/mol. The maximum absolute atomic E-state index is 5.40. The Morgan fingerprint density at radius 2 is 1.94 bits per heavy atom. The van der Waals surface area contributed by atoms with Gasteiger partial charge in [0.15, 0.2) is 0 Å². The average molecular weight is 431 g/mol. The second-order valence-corrected chi connectivity index (χ2v) is 5.04. The molecule has 0 atom stereocenters. The van der Waals surface area contributed by atoms with Crippen LogP contribution >= 0.6 is 0 Å². The van der Waals surface area contributed by atoms with Crippen molar-refractivity contribution in [2.75, 3.05) is 27.9 Å². The summed E-state index contributed by atoms with van der Waals surface area (Å²) in [6.07, 6.45) is 0. The first-order valence-electron chi connectivity index (χ1n) is 5.58. The molecule has 104 valence electrons. The van der Waals surface area contributed by atoms with Gasteiger partial charge in [-0.3, -0.25) is 0 Å². The number of benzene rings is 1. The molecule has 0 bridgehead atoms. The molecule has 0 unspecified atom stereocenters. The minimum Gasteiger partial charge on any atom is -0.497 e. The molecule has 0 amide bonds. The van der Waals surface area contributed by atoms with Crippen molar-refractivity contribution in [2.24, 2.45) is 5.73 Å². The van der Waals surface area contributed by atoms with Crippen molar-refractivity contribution in [3.8, 4) is 5.75 Å². The molecule has 1 heterocycles. The van der Waals surface area contributed by atoms with Gasteiger partial charge in [-0.05, 0) is 17.7 Å². The summed E-state index contributed by atoms with van der Waals surface area (Å²) in [6, 6.07) is 7.72. The topological polar surface area (TPSA) is 53.8 Å². The molecule has 0 spiro atoms. The molecule has 1 aromatic carbocycles. The summed E-state index contributed by atoms with van der Waals surface area (Å²) in [4.78, 5) is 2.14. The third kappa shape index (κ3) is 4.96. The van der Waals surface area contributed by atoms with E-state index in [1.54, 1.807) is 7.11 Å². The summed E-state index contributed by atoms with van der Waals surface area (Å²) >= 11 is 2.25. The van der Waals surface area contributed by atoms with Crippen LogP contribution in [0.15, 0.2) is 24.3 Å².